The van der Waals surface area contributed by atoms with Crippen molar-refractivity contribution in [2.45, 2.75) is 189 Å². The van der Waals surface area contributed by atoms with Crippen LogP contribution in [0.15, 0.2) is 0 Å². The van der Waals surface area contributed by atoms with E-state index in [1.165, 1.54) is 154 Å². The van der Waals surface area contributed by atoms with Gasteiger partial charge in [0.05, 0.1) is 0 Å². The Morgan fingerprint density at radius 3 is 0.844 bits per heavy atom. The third kappa shape index (κ3) is 24.6. The van der Waals surface area contributed by atoms with Gasteiger partial charge in [-0.25, -0.2) is 0 Å². The minimum atomic E-state index is 0.922. The fraction of sp³-hybridized carbons (Fsp3) is 1.00. The van der Waals surface area contributed by atoms with E-state index in [0.717, 1.165) is 17.8 Å². The molecule has 0 spiro atoms. The van der Waals surface area contributed by atoms with Crippen molar-refractivity contribution in [3.63, 3.8) is 0 Å². The third-order valence-corrected chi connectivity index (χ3v) is 7.71. The van der Waals surface area contributed by atoms with Crippen molar-refractivity contribution >= 4 is 0 Å². The first kappa shape index (κ1) is 32.0. The summed E-state index contributed by atoms with van der Waals surface area (Å²) < 4.78 is 0. The average Bonchev–Trinajstić information content (AvgIpc) is 2.76. The molecular weight excluding hydrogens is 384 g/mol. The molecule has 0 aliphatic heterocycles. The molecule has 0 aromatic heterocycles. The lowest BCUT2D eigenvalue weighted by molar-refractivity contribution is 0.315. The highest BCUT2D eigenvalue weighted by molar-refractivity contribution is 4.65. The highest BCUT2D eigenvalue weighted by Gasteiger charge is 2.12. The van der Waals surface area contributed by atoms with Crippen LogP contribution in [0.3, 0.4) is 0 Å². The molecule has 0 fully saturated rings. The van der Waals surface area contributed by atoms with Gasteiger partial charge in [0.15, 0.2) is 0 Å². The summed E-state index contributed by atoms with van der Waals surface area (Å²) in [5.41, 5.74) is 0. The summed E-state index contributed by atoms with van der Waals surface area (Å²) in [6.45, 7) is 12.2. The second-order valence-corrected chi connectivity index (χ2v) is 11.7. The summed E-state index contributed by atoms with van der Waals surface area (Å²) in [4.78, 5) is 0. The SMILES string of the molecule is CCCCCCCCCCCC[C@@H](C)CC(C)C[C@@H](C)CCCCCCCCCCCC. The molecule has 0 radical (unpaired) electrons. The van der Waals surface area contributed by atoms with Gasteiger partial charge in [-0.1, -0.05) is 176 Å². The van der Waals surface area contributed by atoms with Crippen molar-refractivity contribution in [3.8, 4) is 0 Å². The van der Waals surface area contributed by atoms with Crippen LogP contribution in [-0.2, 0) is 0 Å². The predicted octanol–water partition coefficient (Wildman–Crippen LogP) is 12.3. The van der Waals surface area contributed by atoms with Gasteiger partial charge in [-0.3, -0.25) is 0 Å². The van der Waals surface area contributed by atoms with Crippen LogP contribution in [-0.4, -0.2) is 0 Å². The Kier molecular flexibility index (Phi) is 25.6. The number of rotatable bonds is 26. The third-order valence-electron chi connectivity index (χ3n) is 7.71. The van der Waals surface area contributed by atoms with Crippen LogP contribution in [0.2, 0.25) is 0 Å². The Balaban J connectivity index is 3.44. The van der Waals surface area contributed by atoms with Gasteiger partial charge < -0.3 is 0 Å². The molecule has 0 amide bonds. The molecule has 0 aliphatic rings. The van der Waals surface area contributed by atoms with Crippen molar-refractivity contribution in [1.29, 1.82) is 0 Å². The molecule has 0 saturated heterocycles. The van der Waals surface area contributed by atoms with Crippen LogP contribution >= 0.6 is 0 Å². The maximum atomic E-state index is 2.52. The average molecular weight is 451 g/mol. The monoisotopic (exact) mass is 451 g/mol. The van der Waals surface area contributed by atoms with Gasteiger partial charge in [0, 0.05) is 0 Å². The first-order valence-corrected chi connectivity index (χ1v) is 15.6. The van der Waals surface area contributed by atoms with Gasteiger partial charge in [0.2, 0.25) is 0 Å². The van der Waals surface area contributed by atoms with Crippen LogP contribution in [0.4, 0.5) is 0 Å². The standard InChI is InChI=1S/C32H66/c1-6-8-10-12-14-16-18-20-22-24-26-30(3)28-32(5)29-31(4)27-25-23-21-19-17-15-13-11-9-7-2/h30-32H,6-29H2,1-5H3/t30-,31+,32?. The molecule has 0 rings (SSSR count). The van der Waals surface area contributed by atoms with E-state index in [-0.39, 0.29) is 0 Å². The van der Waals surface area contributed by atoms with E-state index >= 15 is 0 Å². The van der Waals surface area contributed by atoms with E-state index in [1.807, 2.05) is 0 Å². The second-order valence-electron chi connectivity index (χ2n) is 11.7. The van der Waals surface area contributed by atoms with Crippen LogP contribution in [0.25, 0.3) is 0 Å². The van der Waals surface area contributed by atoms with Crippen molar-refractivity contribution in [2.75, 3.05) is 0 Å². The van der Waals surface area contributed by atoms with Gasteiger partial charge in [-0.15, -0.1) is 0 Å². The Morgan fingerprint density at radius 1 is 0.312 bits per heavy atom. The van der Waals surface area contributed by atoms with E-state index in [1.54, 1.807) is 0 Å². The number of hydrogen-bond acceptors (Lipinski definition) is 0. The quantitative estimate of drug-likeness (QED) is 0.115. The summed E-state index contributed by atoms with van der Waals surface area (Å²) in [6, 6.07) is 0. The zero-order chi connectivity index (χ0) is 23.7. The van der Waals surface area contributed by atoms with Gasteiger partial charge in [0.1, 0.15) is 0 Å². The topological polar surface area (TPSA) is 0 Å². The molecule has 32 heavy (non-hydrogen) atoms. The summed E-state index contributed by atoms with van der Waals surface area (Å²) in [6.07, 6.45) is 35.1. The van der Waals surface area contributed by atoms with E-state index in [9.17, 15) is 0 Å². The summed E-state index contributed by atoms with van der Waals surface area (Å²) in [5, 5.41) is 0. The normalized spacial score (nSPS) is 14.5. The van der Waals surface area contributed by atoms with E-state index < -0.39 is 0 Å². The number of unbranched alkanes of at least 4 members (excludes halogenated alkanes) is 18. The molecule has 0 N–H and O–H groups in total. The second kappa shape index (κ2) is 25.6. The molecule has 1 unspecified atom stereocenters. The lowest BCUT2D eigenvalue weighted by Crippen LogP contribution is -2.08. The highest BCUT2D eigenvalue weighted by Crippen LogP contribution is 2.26. The maximum Gasteiger partial charge on any atom is -0.0438 e. The number of hydrogen-bond donors (Lipinski definition) is 0. The van der Waals surface area contributed by atoms with Crippen molar-refractivity contribution in [1.82, 2.24) is 0 Å². The van der Waals surface area contributed by atoms with E-state index in [2.05, 4.69) is 34.6 Å². The largest absolute Gasteiger partial charge is 0.0654 e. The van der Waals surface area contributed by atoms with Crippen LogP contribution < -0.4 is 0 Å². The summed E-state index contributed by atoms with van der Waals surface area (Å²) >= 11 is 0. The predicted molar refractivity (Wildman–Crippen MR) is 150 cm³/mol. The molecule has 0 aromatic carbocycles. The minimum Gasteiger partial charge on any atom is -0.0654 e. The fourth-order valence-electron chi connectivity index (χ4n) is 5.67. The zero-order valence-electron chi connectivity index (χ0n) is 23.7. The fourth-order valence-corrected chi connectivity index (χ4v) is 5.67. The molecule has 0 bridgehead atoms. The lowest BCUT2D eigenvalue weighted by Gasteiger charge is -2.21. The molecule has 0 aliphatic carbocycles. The van der Waals surface area contributed by atoms with Crippen LogP contribution in [0.5, 0.6) is 0 Å². The maximum absolute atomic E-state index is 2.52. The zero-order valence-corrected chi connectivity index (χ0v) is 23.7. The molecule has 3 atom stereocenters. The molecule has 0 heterocycles. The minimum absolute atomic E-state index is 0.922. The van der Waals surface area contributed by atoms with Crippen LogP contribution in [0, 0.1) is 17.8 Å². The molecular formula is C32H66. The van der Waals surface area contributed by atoms with Crippen molar-refractivity contribution < 1.29 is 0 Å². The summed E-state index contributed by atoms with van der Waals surface area (Å²) in [5.74, 6) is 2.79. The van der Waals surface area contributed by atoms with Crippen LogP contribution in [0.1, 0.15) is 189 Å². The van der Waals surface area contributed by atoms with Gasteiger partial charge in [-0.05, 0) is 30.6 Å². The smallest absolute Gasteiger partial charge is 0.0438 e. The van der Waals surface area contributed by atoms with E-state index in [4.69, 9.17) is 0 Å². The van der Waals surface area contributed by atoms with Gasteiger partial charge in [0.25, 0.3) is 0 Å². The first-order chi connectivity index (χ1) is 15.6. The Hall–Kier alpha value is 0. The molecule has 0 aromatic rings. The van der Waals surface area contributed by atoms with Crippen molar-refractivity contribution in [2.24, 2.45) is 17.8 Å². The van der Waals surface area contributed by atoms with E-state index in [0.29, 0.717) is 0 Å². The Labute approximate surface area is 206 Å². The van der Waals surface area contributed by atoms with Gasteiger partial charge in [-0.2, -0.15) is 0 Å². The summed E-state index contributed by atoms with van der Waals surface area (Å²) in [7, 11) is 0. The molecule has 194 valence electrons. The molecule has 0 heteroatoms. The highest BCUT2D eigenvalue weighted by atomic mass is 14.2. The Bertz CT molecular complexity index is 301. The molecule has 0 saturated carbocycles. The lowest BCUT2D eigenvalue weighted by atomic mass is 9.85. The van der Waals surface area contributed by atoms with Gasteiger partial charge >= 0.3 is 0 Å². The molecule has 0 nitrogen and oxygen atoms in total. The first-order valence-electron chi connectivity index (χ1n) is 15.6. The Morgan fingerprint density at radius 2 is 0.562 bits per heavy atom. The van der Waals surface area contributed by atoms with Crippen molar-refractivity contribution in [3.05, 3.63) is 0 Å².